The van der Waals surface area contributed by atoms with Crippen LogP contribution in [0.2, 0.25) is 0 Å². The Balaban J connectivity index is 3.06. The van der Waals surface area contributed by atoms with Crippen molar-refractivity contribution in [3.8, 4) is 0 Å². The Kier molecular flexibility index (Phi) is 4.69. The Morgan fingerprint density at radius 3 is 2.30 bits per heavy atom. The molecule has 0 aromatic rings. The number of nitrogens with zero attached hydrogens (tertiary/aromatic N) is 2. The summed E-state index contributed by atoms with van der Waals surface area (Å²) in [6, 6.07) is 0.114. The lowest BCUT2D eigenvalue weighted by molar-refractivity contribution is -0.150. The van der Waals surface area contributed by atoms with Gasteiger partial charge >= 0.3 is 12.1 Å². The predicted molar refractivity (Wildman–Crippen MR) is 75.7 cm³/mol. The Hall–Kier alpha value is -1.30. The maximum absolute atomic E-state index is 12.3. The minimum absolute atomic E-state index is 0.114. The van der Waals surface area contributed by atoms with E-state index in [1.807, 2.05) is 18.9 Å². The molecule has 1 aliphatic rings. The van der Waals surface area contributed by atoms with Crippen LogP contribution >= 0.6 is 0 Å². The fraction of sp³-hybridized carbons (Fsp3) is 0.857. The summed E-state index contributed by atoms with van der Waals surface area (Å²) < 4.78 is 5.35. The van der Waals surface area contributed by atoms with E-state index < -0.39 is 23.2 Å². The molecule has 0 saturated carbocycles. The van der Waals surface area contributed by atoms with Crippen LogP contribution in [0.5, 0.6) is 0 Å². The van der Waals surface area contributed by atoms with Crippen LogP contribution in [0.15, 0.2) is 0 Å². The first-order valence-corrected chi connectivity index (χ1v) is 6.97. The number of carbonyl (C=O) groups excluding carboxylic acids is 1. The van der Waals surface area contributed by atoms with Crippen LogP contribution in [0.25, 0.3) is 0 Å². The molecule has 1 heterocycles. The Bertz CT molecular complexity index is 379. The maximum Gasteiger partial charge on any atom is 0.411 e. The molecule has 2 atom stereocenters. The van der Waals surface area contributed by atoms with Crippen molar-refractivity contribution in [2.24, 2.45) is 0 Å². The van der Waals surface area contributed by atoms with Crippen molar-refractivity contribution in [1.82, 2.24) is 9.80 Å². The van der Waals surface area contributed by atoms with E-state index >= 15 is 0 Å². The van der Waals surface area contributed by atoms with E-state index in [1.165, 1.54) is 4.90 Å². The highest BCUT2D eigenvalue weighted by atomic mass is 16.6. The molecule has 1 N–H and O–H groups in total. The van der Waals surface area contributed by atoms with Crippen molar-refractivity contribution in [1.29, 1.82) is 0 Å². The number of hydrogen-bond acceptors (Lipinski definition) is 4. The molecule has 1 rings (SSSR count). The van der Waals surface area contributed by atoms with Gasteiger partial charge < -0.3 is 14.7 Å². The average Bonchev–Trinajstić information content (AvgIpc) is 2.54. The van der Waals surface area contributed by atoms with Gasteiger partial charge in [0.15, 0.2) is 5.54 Å². The Labute approximate surface area is 120 Å². The molecule has 0 aromatic carbocycles. The first kappa shape index (κ1) is 16.8. The van der Waals surface area contributed by atoms with Crippen molar-refractivity contribution in [3.63, 3.8) is 0 Å². The van der Waals surface area contributed by atoms with E-state index in [0.717, 1.165) is 0 Å². The van der Waals surface area contributed by atoms with Crippen molar-refractivity contribution < 1.29 is 19.4 Å². The van der Waals surface area contributed by atoms with Gasteiger partial charge in [-0.1, -0.05) is 0 Å². The molecule has 20 heavy (non-hydrogen) atoms. The fourth-order valence-corrected chi connectivity index (χ4v) is 2.67. The van der Waals surface area contributed by atoms with Crippen molar-refractivity contribution in [3.05, 3.63) is 0 Å². The molecule has 1 aliphatic heterocycles. The molecule has 1 fully saturated rings. The molecular weight excluding hydrogens is 260 g/mol. The molecule has 0 bridgehead atoms. The van der Waals surface area contributed by atoms with Crippen LogP contribution in [-0.4, -0.2) is 64.3 Å². The molecule has 6 nitrogen and oxygen atoms in total. The zero-order chi connectivity index (χ0) is 15.7. The quantitative estimate of drug-likeness (QED) is 0.856. The summed E-state index contributed by atoms with van der Waals surface area (Å²) in [7, 11) is 1.87. The molecule has 0 radical (unpaired) electrons. The minimum Gasteiger partial charge on any atom is -0.479 e. The van der Waals surface area contributed by atoms with Crippen LogP contribution in [0.1, 0.15) is 41.0 Å². The molecule has 1 saturated heterocycles. The fourth-order valence-electron chi connectivity index (χ4n) is 2.67. The highest BCUT2D eigenvalue weighted by Gasteiger charge is 2.53. The third kappa shape index (κ3) is 3.23. The zero-order valence-electron chi connectivity index (χ0n) is 13.3. The number of hydrogen-bond donors (Lipinski definition) is 1. The van der Waals surface area contributed by atoms with Gasteiger partial charge in [0, 0.05) is 19.1 Å². The summed E-state index contributed by atoms with van der Waals surface area (Å²) in [4.78, 5) is 27.4. The number of ether oxygens (including phenoxy) is 1. The third-order valence-electron chi connectivity index (χ3n) is 3.74. The molecule has 2 unspecified atom stereocenters. The maximum atomic E-state index is 12.3. The van der Waals surface area contributed by atoms with Crippen LogP contribution < -0.4 is 0 Å². The van der Waals surface area contributed by atoms with Crippen molar-refractivity contribution >= 4 is 12.1 Å². The molecule has 0 aliphatic carbocycles. The van der Waals surface area contributed by atoms with E-state index in [-0.39, 0.29) is 6.04 Å². The van der Waals surface area contributed by atoms with E-state index in [0.29, 0.717) is 19.5 Å². The van der Waals surface area contributed by atoms with Gasteiger partial charge in [-0.3, -0.25) is 4.90 Å². The van der Waals surface area contributed by atoms with Gasteiger partial charge in [0.25, 0.3) is 0 Å². The lowest BCUT2D eigenvalue weighted by Gasteiger charge is -2.37. The van der Waals surface area contributed by atoms with Gasteiger partial charge in [-0.25, -0.2) is 9.59 Å². The lowest BCUT2D eigenvalue weighted by Crippen LogP contribution is -2.59. The Morgan fingerprint density at radius 1 is 1.45 bits per heavy atom. The highest BCUT2D eigenvalue weighted by molar-refractivity contribution is 5.85. The number of carboxylic acids is 1. The lowest BCUT2D eigenvalue weighted by atomic mass is 9.94. The third-order valence-corrected chi connectivity index (χ3v) is 3.74. The summed E-state index contributed by atoms with van der Waals surface area (Å²) in [5.41, 5.74) is -1.84. The average molecular weight is 286 g/mol. The molecule has 0 aromatic heterocycles. The summed E-state index contributed by atoms with van der Waals surface area (Å²) in [6.07, 6.45) is -0.156. The van der Waals surface area contributed by atoms with Crippen LogP contribution in [0.4, 0.5) is 4.79 Å². The van der Waals surface area contributed by atoms with Gasteiger partial charge in [-0.05, 0) is 48.1 Å². The molecule has 1 amide bonds. The second-order valence-electron chi connectivity index (χ2n) is 6.53. The van der Waals surface area contributed by atoms with Gasteiger partial charge in [0.2, 0.25) is 0 Å². The first-order chi connectivity index (χ1) is 9.03. The van der Waals surface area contributed by atoms with Gasteiger partial charge in [0.05, 0.1) is 0 Å². The van der Waals surface area contributed by atoms with Gasteiger partial charge in [-0.15, -0.1) is 0 Å². The second-order valence-corrected chi connectivity index (χ2v) is 6.53. The number of aliphatic carboxylic acids is 1. The summed E-state index contributed by atoms with van der Waals surface area (Å²) in [5.74, 6) is -0.971. The van der Waals surface area contributed by atoms with Crippen molar-refractivity contribution in [2.45, 2.75) is 58.2 Å². The number of carboxylic acid groups (broad SMARTS) is 1. The smallest absolute Gasteiger partial charge is 0.411 e. The highest BCUT2D eigenvalue weighted by Crippen LogP contribution is 2.33. The number of likely N-dealkylation sites (tertiary alicyclic amines) is 1. The number of likely N-dealkylation sites (N-methyl/N-ethyl adjacent to an activating group) is 2. The van der Waals surface area contributed by atoms with Gasteiger partial charge in [-0.2, -0.15) is 0 Å². The summed E-state index contributed by atoms with van der Waals surface area (Å²) in [6.45, 7) is 9.68. The van der Waals surface area contributed by atoms with Crippen molar-refractivity contribution in [2.75, 3.05) is 20.1 Å². The van der Waals surface area contributed by atoms with Crippen LogP contribution in [-0.2, 0) is 9.53 Å². The van der Waals surface area contributed by atoms with E-state index in [4.69, 9.17) is 4.74 Å². The molecule has 6 heteroatoms. The molecule has 0 spiro atoms. The largest absolute Gasteiger partial charge is 0.479 e. The number of rotatable bonds is 3. The van der Waals surface area contributed by atoms with Gasteiger partial charge in [0.1, 0.15) is 5.60 Å². The van der Waals surface area contributed by atoms with E-state index in [9.17, 15) is 14.7 Å². The monoisotopic (exact) mass is 286 g/mol. The molecular formula is C14H26N2O4. The van der Waals surface area contributed by atoms with Crippen LogP contribution in [0, 0.1) is 0 Å². The summed E-state index contributed by atoms with van der Waals surface area (Å²) >= 11 is 0. The standard InChI is InChI=1S/C14H26N2O4/c1-7-16(12(19)20-13(3,4)5)14(11(17)18)8-10(2)15(6)9-14/h10H,7-9H2,1-6H3,(H,17,18). The van der Waals surface area contributed by atoms with E-state index in [2.05, 4.69) is 0 Å². The number of carbonyl (C=O) groups is 2. The SMILES string of the molecule is CCN(C(=O)OC(C)(C)C)C1(C(=O)O)CC(C)N(C)C1. The van der Waals surface area contributed by atoms with Crippen LogP contribution in [0.3, 0.4) is 0 Å². The number of amides is 1. The second kappa shape index (κ2) is 5.60. The first-order valence-electron chi connectivity index (χ1n) is 6.97. The van der Waals surface area contributed by atoms with E-state index in [1.54, 1.807) is 27.7 Å². The topological polar surface area (TPSA) is 70.1 Å². The minimum atomic E-state index is -1.20. The Morgan fingerprint density at radius 2 is 2.00 bits per heavy atom. The molecule has 116 valence electrons. The summed E-state index contributed by atoms with van der Waals surface area (Å²) in [5, 5.41) is 9.67. The zero-order valence-corrected chi connectivity index (χ0v) is 13.3. The predicted octanol–water partition coefficient (Wildman–Crippen LogP) is 1.79. The normalized spacial score (nSPS) is 27.4.